The van der Waals surface area contributed by atoms with Gasteiger partial charge in [0.05, 0.1) is 5.60 Å². The molecular formula is C15H32N2O. The lowest BCUT2D eigenvalue weighted by Crippen LogP contribution is -2.46. The Labute approximate surface area is 113 Å². The van der Waals surface area contributed by atoms with Crippen molar-refractivity contribution < 1.29 is 5.11 Å². The fraction of sp³-hybridized carbons (Fsp3) is 1.00. The molecule has 4 unspecified atom stereocenters. The number of piperidine rings is 1. The van der Waals surface area contributed by atoms with E-state index in [2.05, 4.69) is 25.7 Å². The van der Waals surface area contributed by atoms with Crippen molar-refractivity contribution in [3.8, 4) is 0 Å². The Hall–Kier alpha value is -0.120. The normalized spacial score (nSPS) is 33.3. The van der Waals surface area contributed by atoms with Crippen LogP contribution in [0.1, 0.15) is 53.4 Å². The summed E-state index contributed by atoms with van der Waals surface area (Å²) in [5, 5.41) is 10.2. The van der Waals surface area contributed by atoms with Crippen LogP contribution in [0.25, 0.3) is 0 Å². The van der Waals surface area contributed by atoms with Crippen LogP contribution in [0.15, 0.2) is 0 Å². The molecule has 3 heteroatoms. The predicted octanol–water partition coefficient (Wildman–Crippen LogP) is 2.23. The summed E-state index contributed by atoms with van der Waals surface area (Å²) in [5.74, 6) is 1.59. The molecule has 1 saturated heterocycles. The average molecular weight is 256 g/mol. The molecule has 0 saturated carbocycles. The molecule has 18 heavy (non-hydrogen) atoms. The molecular weight excluding hydrogens is 224 g/mol. The molecule has 0 aromatic carbocycles. The minimum Gasteiger partial charge on any atom is -0.389 e. The Bertz CT molecular complexity index is 241. The lowest BCUT2D eigenvalue weighted by atomic mass is 9.85. The molecule has 0 bridgehead atoms. The van der Waals surface area contributed by atoms with Gasteiger partial charge in [-0.3, -0.25) is 0 Å². The van der Waals surface area contributed by atoms with Crippen molar-refractivity contribution in [2.24, 2.45) is 17.6 Å². The smallest absolute Gasteiger partial charge is 0.0767 e. The topological polar surface area (TPSA) is 49.5 Å². The molecule has 1 rings (SSSR count). The first kappa shape index (κ1) is 15.9. The van der Waals surface area contributed by atoms with Gasteiger partial charge >= 0.3 is 0 Å². The van der Waals surface area contributed by atoms with Crippen molar-refractivity contribution in [1.29, 1.82) is 0 Å². The summed E-state index contributed by atoms with van der Waals surface area (Å²) in [4.78, 5) is 2.59. The molecule has 0 spiro atoms. The van der Waals surface area contributed by atoms with Crippen LogP contribution >= 0.6 is 0 Å². The van der Waals surface area contributed by atoms with E-state index >= 15 is 0 Å². The highest BCUT2D eigenvalue weighted by atomic mass is 16.3. The third-order valence-electron chi connectivity index (χ3n) is 4.85. The van der Waals surface area contributed by atoms with E-state index in [0.29, 0.717) is 12.6 Å². The Balaban J connectivity index is 2.38. The molecule has 1 heterocycles. The maximum Gasteiger partial charge on any atom is 0.0767 e. The molecule has 3 N–H and O–H groups in total. The van der Waals surface area contributed by atoms with Crippen molar-refractivity contribution in [1.82, 2.24) is 4.90 Å². The monoisotopic (exact) mass is 256 g/mol. The molecule has 0 radical (unpaired) electrons. The Kier molecular flexibility index (Phi) is 6.09. The number of nitrogens with two attached hydrogens (primary N) is 1. The van der Waals surface area contributed by atoms with Crippen molar-refractivity contribution in [2.75, 3.05) is 19.6 Å². The van der Waals surface area contributed by atoms with Gasteiger partial charge in [0, 0.05) is 19.1 Å². The lowest BCUT2D eigenvalue weighted by molar-refractivity contribution is 0.0235. The number of hydrogen-bond donors (Lipinski definition) is 2. The van der Waals surface area contributed by atoms with Crippen molar-refractivity contribution >= 4 is 0 Å². The molecule has 0 amide bonds. The van der Waals surface area contributed by atoms with Gasteiger partial charge in [0.25, 0.3) is 0 Å². The lowest BCUT2D eigenvalue weighted by Gasteiger charge is -2.41. The van der Waals surface area contributed by atoms with E-state index in [-0.39, 0.29) is 0 Å². The molecule has 4 atom stereocenters. The summed E-state index contributed by atoms with van der Waals surface area (Å²) in [6.07, 6.45) is 3.97. The third kappa shape index (κ3) is 4.22. The van der Waals surface area contributed by atoms with Crippen LogP contribution in [0.5, 0.6) is 0 Å². The van der Waals surface area contributed by atoms with E-state index in [9.17, 15) is 5.11 Å². The maximum absolute atomic E-state index is 10.2. The van der Waals surface area contributed by atoms with E-state index in [1.54, 1.807) is 0 Å². The van der Waals surface area contributed by atoms with Crippen LogP contribution in [-0.2, 0) is 0 Å². The molecule has 1 aliphatic rings. The van der Waals surface area contributed by atoms with Gasteiger partial charge in [0.2, 0.25) is 0 Å². The zero-order chi connectivity index (χ0) is 13.8. The largest absolute Gasteiger partial charge is 0.389 e. The standard InChI is InChI=1S/C15H32N2O/c1-5-15(18,11-16)7-6-8-17-10-12(2)9-13(3)14(17)4/h12-14,18H,5-11,16H2,1-4H3. The van der Waals surface area contributed by atoms with E-state index in [1.165, 1.54) is 13.0 Å². The first-order chi connectivity index (χ1) is 8.41. The highest BCUT2D eigenvalue weighted by molar-refractivity contribution is 4.83. The average Bonchev–Trinajstić information content (AvgIpc) is 2.34. The number of aliphatic hydroxyl groups is 1. The zero-order valence-corrected chi connectivity index (χ0v) is 12.7. The van der Waals surface area contributed by atoms with Gasteiger partial charge < -0.3 is 15.7 Å². The summed E-state index contributed by atoms with van der Waals surface area (Å²) in [6, 6.07) is 0.675. The van der Waals surface area contributed by atoms with Gasteiger partial charge in [-0.05, 0) is 51.0 Å². The number of rotatable bonds is 6. The maximum atomic E-state index is 10.2. The summed E-state index contributed by atoms with van der Waals surface area (Å²) in [5.41, 5.74) is 5.00. The van der Waals surface area contributed by atoms with E-state index in [4.69, 9.17) is 5.73 Å². The van der Waals surface area contributed by atoms with E-state index < -0.39 is 5.60 Å². The first-order valence-corrected chi connectivity index (χ1v) is 7.58. The molecule has 3 nitrogen and oxygen atoms in total. The summed E-state index contributed by atoms with van der Waals surface area (Å²) in [7, 11) is 0. The summed E-state index contributed by atoms with van der Waals surface area (Å²) in [6.45, 7) is 11.7. The van der Waals surface area contributed by atoms with Gasteiger partial charge in [-0.1, -0.05) is 20.8 Å². The zero-order valence-electron chi connectivity index (χ0n) is 12.7. The molecule has 0 aromatic heterocycles. The van der Waals surface area contributed by atoms with Gasteiger partial charge in [0.1, 0.15) is 0 Å². The van der Waals surface area contributed by atoms with E-state index in [0.717, 1.165) is 37.6 Å². The second kappa shape index (κ2) is 6.88. The van der Waals surface area contributed by atoms with Crippen LogP contribution in [-0.4, -0.2) is 41.3 Å². The van der Waals surface area contributed by atoms with Crippen molar-refractivity contribution in [3.05, 3.63) is 0 Å². The Morgan fingerprint density at radius 3 is 2.56 bits per heavy atom. The minimum absolute atomic E-state index is 0.381. The molecule has 108 valence electrons. The molecule has 0 aliphatic carbocycles. The fourth-order valence-electron chi connectivity index (χ4n) is 3.16. The van der Waals surface area contributed by atoms with Crippen LogP contribution in [0.3, 0.4) is 0 Å². The van der Waals surface area contributed by atoms with Gasteiger partial charge in [-0.25, -0.2) is 0 Å². The van der Waals surface area contributed by atoms with E-state index in [1.807, 2.05) is 6.92 Å². The van der Waals surface area contributed by atoms with Gasteiger partial charge in [0.15, 0.2) is 0 Å². The van der Waals surface area contributed by atoms with Crippen LogP contribution < -0.4 is 5.73 Å². The summed E-state index contributed by atoms with van der Waals surface area (Å²) >= 11 is 0. The molecule has 0 aromatic rings. The molecule has 1 aliphatic heterocycles. The Morgan fingerprint density at radius 1 is 1.33 bits per heavy atom. The number of hydrogen-bond acceptors (Lipinski definition) is 3. The van der Waals surface area contributed by atoms with Gasteiger partial charge in [-0.2, -0.15) is 0 Å². The second-order valence-electron chi connectivity index (χ2n) is 6.44. The summed E-state index contributed by atoms with van der Waals surface area (Å²) < 4.78 is 0. The third-order valence-corrected chi connectivity index (χ3v) is 4.85. The number of nitrogens with zero attached hydrogens (tertiary/aromatic N) is 1. The van der Waals surface area contributed by atoms with Crippen LogP contribution in [0, 0.1) is 11.8 Å². The highest BCUT2D eigenvalue weighted by Crippen LogP contribution is 2.27. The second-order valence-corrected chi connectivity index (χ2v) is 6.44. The van der Waals surface area contributed by atoms with Crippen molar-refractivity contribution in [2.45, 2.75) is 65.0 Å². The quantitative estimate of drug-likeness (QED) is 0.766. The Morgan fingerprint density at radius 2 is 2.00 bits per heavy atom. The van der Waals surface area contributed by atoms with Crippen LogP contribution in [0.2, 0.25) is 0 Å². The van der Waals surface area contributed by atoms with Crippen molar-refractivity contribution in [3.63, 3.8) is 0 Å². The van der Waals surface area contributed by atoms with Gasteiger partial charge in [-0.15, -0.1) is 0 Å². The number of likely N-dealkylation sites (tertiary alicyclic amines) is 1. The first-order valence-electron chi connectivity index (χ1n) is 7.58. The predicted molar refractivity (Wildman–Crippen MR) is 77.5 cm³/mol. The fourth-order valence-corrected chi connectivity index (χ4v) is 3.16. The van der Waals surface area contributed by atoms with Crippen LogP contribution in [0.4, 0.5) is 0 Å². The SMILES string of the molecule is CCC(O)(CN)CCCN1CC(C)CC(C)C1C. The highest BCUT2D eigenvalue weighted by Gasteiger charge is 2.29. The minimum atomic E-state index is -0.643. The molecule has 1 fully saturated rings.